The Kier molecular flexibility index (Phi) is 4.37. The molecule has 19 heavy (non-hydrogen) atoms. The number of hydrogen-bond donors (Lipinski definition) is 2. The van der Waals surface area contributed by atoms with Gasteiger partial charge in [0.25, 0.3) is 5.91 Å². The van der Waals surface area contributed by atoms with Crippen LogP contribution in [0, 0.1) is 6.92 Å². The second-order valence-corrected chi connectivity index (χ2v) is 5.29. The number of aromatic amines is 1. The number of carbonyl (C=O) groups is 1. The number of nitrogens with zero attached hydrogens (tertiary/aromatic N) is 1. The second-order valence-electron chi connectivity index (χ2n) is 4.44. The highest BCUT2D eigenvalue weighted by molar-refractivity contribution is 9.10. The minimum Gasteiger partial charge on any atom is -0.344 e. The minimum absolute atomic E-state index is 0.00306. The van der Waals surface area contributed by atoms with Gasteiger partial charge in [-0.05, 0) is 34.8 Å². The molecule has 2 N–H and O–H groups in total. The summed E-state index contributed by atoms with van der Waals surface area (Å²) in [5.74, 6) is -0.156. The first-order valence-electron chi connectivity index (χ1n) is 6.18. The van der Waals surface area contributed by atoms with Crippen LogP contribution in [-0.2, 0) is 0 Å². The molecule has 1 atom stereocenters. The van der Waals surface area contributed by atoms with E-state index in [1.807, 2.05) is 26.0 Å². The molecule has 0 aliphatic heterocycles. The standard InChI is InChI=1S/C14H16BrN3O/c1-3-12(10-6-4-9(2)5-7-10)17-14(19)13-11(15)8-16-18-13/h4-8,12H,3H2,1-2H3,(H,16,18)(H,17,19). The first kappa shape index (κ1) is 13.8. The van der Waals surface area contributed by atoms with Crippen molar-refractivity contribution in [3.05, 3.63) is 51.8 Å². The number of nitrogens with one attached hydrogen (secondary N) is 2. The molecule has 0 saturated heterocycles. The molecule has 1 amide bonds. The number of H-pyrrole nitrogens is 1. The smallest absolute Gasteiger partial charge is 0.270 e. The van der Waals surface area contributed by atoms with Crippen molar-refractivity contribution in [3.8, 4) is 0 Å². The Labute approximate surface area is 120 Å². The topological polar surface area (TPSA) is 57.8 Å². The van der Waals surface area contributed by atoms with Crippen molar-refractivity contribution < 1.29 is 4.79 Å². The summed E-state index contributed by atoms with van der Waals surface area (Å²) >= 11 is 3.29. The summed E-state index contributed by atoms with van der Waals surface area (Å²) in [4.78, 5) is 12.1. The third kappa shape index (κ3) is 3.23. The van der Waals surface area contributed by atoms with Crippen molar-refractivity contribution in [2.75, 3.05) is 0 Å². The van der Waals surface area contributed by atoms with Crippen LogP contribution >= 0.6 is 15.9 Å². The summed E-state index contributed by atoms with van der Waals surface area (Å²) in [7, 11) is 0. The van der Waals surface area contributed by atoms with Gasteiger partial charge in [-0.15, -0.1) is 0 Å². The van der Waals surface area contributed by atoms with Crippen LogP contribution in [-0.4, -0.2) is 16.1 Å². The molecule has 2 rings (SSSR count). The highest BCUT2D eigenvalue weighted by Gasteiger charge is 2.17. The molecule has 4 nitrogen and oxygen atoms in total. The lowest BCUT2D eigenvalue weighted by Crippen LogP contribution is -2.28. The van der Waals surface area contributed by atoms with E-state index in [0.717, 1.165) is 12.0 Å². The zero-order chi connectivity index (χ0) is 13.8. The van der Waals surface area contributed by atoms with Gasteiger partial charge >= 0.3 is 0 Å². The number of benzene rings is 1. The van der Waals surface area contributed by atoms with Crippen LogP contribution < -0.4 is 5.32 Å². The fourth-order valence-electron chi connectivity index (χ4n) is 1.88. The van der Waals surface area contributed by atoms with Gasteiger partial charge in [-0.2, -0.15) is 5.10 Å². The predicted molar refractivity (Wildman–Crippen MR) is 78.0 cm³/mol. The van der Waals surface area contributed by atoms with E-state index >= 15 is 0 Å². The molecule has 0 spiro atoms. The highest BCUT2D eigenvalue weighted by Crippen LogP contribution is 2.19. The second kappa shape index (κ2) is 6.02. The van der Waals surface area contributed by atoms with Crippen LogP contribution in [0.3, 0.4) is 0 Å². The predicted octanol–water partition coefficient (Wildman–Crippen LogP) is 3.36. The maximum absolute atomic E-state index is 12.1. The number of aryl methyl sites for hydroxylation is 1. The van der Waals surface area contributed by atoms with E-state index in [4.69, 9.17) is 0 Å². The summed E-state index contributed by atoms with van der Waals surface area (Å²) in [6.45, 7) is 4.10. The molecular formula is C14H16BrN3O. The Morgan fingerprint density at radius 3 is 2.63 bits per heavy atom. The number of carbonyl (C=O) groups excluding carboxylic acids is 1. The number of amides is 1. The van der Waals surface area contributed by atoms with E-state index in [9.17, 15) is 4.79 Å². The van der Waals surface area contributed by atoms with Crippen LogP contribution in [0.5, 0.6) is 0 Å². The SMILES string of the molecule is CCC(NC(=O)c1[nH]ncc1Br)c1ccc(C)cc1. The van der Waals surface area contributed by atoms with Crippen molar-refractivity contribution >= 4 is 21.8 Å². The number of aromatic nitrogens is 2. The number of halogens is 1. The van der Waals surface area contributed by atoms with Crippen LogP contribution in [0.1, 0.15) is 41.0 Å². The van der Waals surface area contributed by atoms with Gasteiger partial charge in [-0.25, -0.2) is 0 Å². The first-order chi connectivity index (χ1) is 9.11. The first-order valence-corrected chi connectivity index (χ1v) is 6.97. The van der Waals surface area contributed by atoms with E-state index in [1.54, 1.807) is 6.20 Å². The Bertz CT molecular complexity index is 562. The maximum atomic E-state index is 12.1. The Balaban J connectivity index is 2.13. The molecule has 5 heteroatoms. The van der Waals surface area contributed by atoms with Gasteiger partial charge in [-0.3, -0.25) is 9.89 Å². The number of hydrogen-bond acceptors (Lipinski definition) is 2. The van der Waals surface area contributed by atoms with Gasteiger partial charge in [0, 0.05) is 0 Å². The molecule has 2 aromatic rings. The molecule has 0 radical (unpaired) electrons. The normalized spacial score (nSPS) is 12.2. The fraction of sp³-hybridized carbons (Fsp3) is 0.286. The van der Waals surface area contributed by atoms with Crippen molar-refractivity contribution in [2.45, 2.75) is 26.3 Å². The zero-order valence-corrected chi connectivity index (χ0v) is 12.5. The maximum Gasteiger partial charge on any atom is 0.270 e. The molecule has 0 saturated carbocycles. The molecule has 1 unspecified atom stereocenters. The summed E-state index contributed by atoms with van der Waals surface area (Å²) in [6.07, 6.45) is 2.41. The number of rotatable bonds is 4. The Morgan fingerprint density at radius 1 is 1.42 bits per heavy atom. The highest BCUT2D eigenvalue weighted by atomic mass is 79.9. The van der Waals surface area contributed by atoms with E-state index in [0.29, 0.717) is 10.2 Å². The Morgan fingerprint density at radius 2 is 2.11 bits per heavy atom. The average molecular weight is 322 g/mol. The third-order valence-electron chi connectivity index (χ3n) is 3.01. The fourth-order valence-corrected chi connectivity index (χ4v) is 2.25. The van der Waals surface area contributed by atoms with Crippen molar-refractivity contribution in [1.29, 1.82) is 0 Å². The molecule has 0 aliphatic carbocycles. The lowest BCUT2D eigenvalue weighted by molar-refractivity contribution is 0.0929. The van der Waals surface area contributed by atoms with Gasteiger partial charge in [0.15, 0.2) is 0 Å². The van der Waals surface area contributed by atoms with Crippen LogP contribution in [0.15, 0.2) is 34.9 Å². The Hall–Kier alpha value is -1.62. The summed E-state index contributed by atoms with van der Waals surface area (Å²) in [5, 5.41) is 9.52. The van der Waals surface area contributed by atoms with E-state index in [-0.39, 0.29) is 11.9 Å². The summed E-state index contributed by atoms with van der Waals surface area (Å²) in [6, 6.07) is 8.20. The lowest BCUT2D eigenvalue weighted by atomic mass is 10.0. The zero-order valence-electron chi connectivity index (χ0n) is 10.9. The van der Waals surface area contributed by atoms with Crippen LogP contribution in [0.4, 0.5) is 0 Å². The van der Waals surface area contributed by atoms with Gasteiger partial charge in [-0.1, -0.05) is 36.8 Å². The molecule has 0 fully saturated rings. The van der Waals surface area contributed by atoms with E-state index < -0.39 is 0 Å². The van der Waals surface area contributed by atoms with Crippen LogP contribution in [0.25, 0.3) is 0 Å². The average Bonchev–Trinajstić information content (AvgIpc) is 2.83. The van der Waals surface area contributed by atoms with Gasteiger partial charge in [0.05, 0.1) is 16.7 Å². The molecule has 0 bridgehead atoms. The van der Waals surface area contributed by atoms with Crippen molar-refractivity contribution in [2.24, 2.45) is 0 Å². The van der Waals surface area contributed by atoms with Crippen molar-refractivity contribution in [1.82, 2.24) is 15.5 Å². The van der Waals surface area contributed by atoms with Crippen LogP contribution in [0.2, 0.25) is 0 Å². The largest absolute Gasteiger partial charge is 0.344 e. The van der Waals surface area contributed by atoms with Gasteiger partial charge in [0.2, 0.25) is 0 Å². The summed E-state index contributed by atoms with van der Waals surface area (Å²) < 4.78 is 0.670. The molecule has 0 aliphatic rings. The molecule has 1 aromatic carbocycles. The van der Waals surface area contributed by atoms with Gasteiger partial charge in [0.1, 0.15) is 5.69 Å². The molecular weight excluding hydrogens is 306 g/mol. The molecule has 1 aromatic heterocycles. The monoisotopic (exact) mass is 321 g/mol. The quantitative estimate of drug-likeness (QED) is 0.907. The molecule has 100 valence electrons. The van der Waals surface area contributed by atoms with E-state index in [1.165, 1.54) is 5.56 Å². The summed E-state index contributed by atoms with van der Waals surface area (Å²) in [5.41, 5.74) is 2.77. The van der Waals surface area contributed by atoms with Gasteiger partial charge < -0.3 is 5.32 Å². The van der Waals surface area contributed by atoms with Crippen molar-refractivity contribution in [3.63, 3.8) is 0 Å². The van der Waals surface area contributed by atoms with E-state index in [2.05, 4.69) is 43.6 Å². The third-order valence-corrected chi connectivity index (χ3v) is 3.61. The lowest BCUT2D eigenvalue weighted by Gasteiger charge is -2.17. The molecule has 1 heterocycles. The minimum atomic E-state index is -0.156.